The van der Waals surface area contributed by atoms with Crippen molar-refractivity contribution in [2.24, 2.45) is 5.92 Å². The highest BCUT2D eigenvalue weighted by atomic mass is 16.5. The topological polar surface area (TPSA) is 46.8 Å². The second-order valence-electron chi connectivity index (χ2n) is 5.33. The Bertz CT molecular complexity index is 606. The first kappa shape index (κ1) is 14.5. The zero-order chi connectivity index (χ0) is 14.7. The third-order valence-corrected chi connectivity index (χ3v) is 3.27. The van der Waals surface area contributed by atoms with Crippen LogP contribution in [0.4, 0.5) is 0 Å². The number of rotatable bonds is 5. The summed E-state index contributed by atoms with van der Waals surface area (Å²) in [5.74, 6) is -0.313. The number of hydrogen-bond acceptors (Lipinski definition) is 4. The second-order valence-corrected chi connectivity index (χ2v) is 5.33. The molecule has 1 unspecified atom stereocenters. The number of aryl methyl sites for hydroxylation is 1. The number of pyridine rings is 1. The number of aromatic nitrogens is 2. The van der Waals surface area contributed by atoms with E-state index < -0.39 is 0 Å². The van der Waals surface area contributed by atoms with Crippen molar-refractivity contribution in [1.29, 1.82) is 0 Å². The lowest BCUT2D eigenvalue weighted by Crippen LogP contribution is -2.29. The standard InChI is InChI=1S/C15H21N3O2/c1-11-5-6-14-16-13(10-18(14)7-11)9-17(3)8-12(2)15(19)20-4/h5-7,10,12H,8-9H2,1-4H3. The minimum Gasteiger partial charge on any atom is -0.469 e. The van der Waals surface area contributed by atoms with Crippen molar-refractivity contribution in [2.75, 3.05) is 20.7 Å². The van der Waals surface area contributed by atoms with Crippen LogP contribution in [0.5, 0.6) is 0 Å². The van der Waals surface area contributed by atoms with E-state index >= 15 is 0 Å². The number of hydrogen-bond donors (Lipinski definition) is 0. The summed E-state index contributed by atoms with van der Waals surface area (Å²) in [6.07, 6.45) is 4.09. The number of esters is 1. The van der Waals surface area contributed by atoms with Crippen molar-refractivity contribution in [3.05, 3.63) is 35.8 Å². The van der Waals surface area contributed by atoms with Gasteiger partial charge < -0.3 is 9.14 Å². The third kappa shape index (κ3) is 3.36. The fourth-order valence-electron chi connectivity index (χ4n) is 2.32. The van der Waals surface area contributed by atoms with Gasteiger partial charge in [-0.15, -0.1) is 0 Å². The number of nitrogens with zero attached hydrogens (tertiary/aromatic N) is 3. The van der Waals surface area contributed by atoms with Gasteiger partial charge in [0.2, 0.25) is 0 Å². The first-order valence-electron chi connectivity index (χ1n) is 6.70. The predicted molar refractivity (Wildman–Crippen MR) is 77.4 cm³/mol. The van der Waals surface area contributed by atoms with Crippen molar-refractivity contribution >= 4 is 11.6 Å². The van der Waals surface area contributed by atoms with Gasteiger partial charge in [-0.25, -0.2) is 4.98 Å². The molecule has 0 amide bonds. The van der Waals surface area contributed by atoms with Gasteiger partial charge in [-0.1, -0.05) is 13.0 Å². The average Bonchev–Trinajstić information content (AvgIpc) is 2.78. The van der Waals surface area contributed by atoms with Crippen LogP contribution in [0.2, 0.25) is 0 Å². The molecule has 0 aliphatic heterocycles. The van der Waals surface area contributed by atoms with Crippen LogP contribution in [0.25, 0.3) is 5.65 Å². The molecule has 2 aromatic heterocycles. The second kappa shape index (κ2) is 6.05. The van der Waals surface area contributed by atoms with Crippen LogP contribution >= 0.6 is 0 Å². The SMILES string of the molecule is COC(=O)C(C)CN(C)Cc1cn2cc(C)ccc2n1. The van der Waals surface area contributed by atoms with Gasteiger partial charge in [-0.3, -0.25) is 9.69 Å². The first-order valence-corrected chi connectivity index (χ1v) is 6.70. The number of imidazole rings is 1. The quantitative estimate of drug-likeness (QED) is 0.782. The molecule has 0 spiro atoms. The van der Waals surface area contributed by atoms with Crippen molar-refractivity contribution < 1.29 is 9.53 Å². The molecule has 2 rings (SSSR count). The summed E-state index contributed by atoms with van der Waals surface area (Å²) < 4.78 is 6.77. The minimum atomic E-state index is -0.178. The molecule has 0 fully saturated rings. The van der Waals surface area contributed by atoms with Crippen molar-refractivity contribution in [3.63, 3.8) is 0 Å². The lowest BCUT2D eigenvalue weighted by Gasteiger charge is -2.18. The van der Waals surface area contributed by atoms with Gasteiger partial charge in [0.1, 0.15) is 5.65 Å². The van der Waals surface area contributed by atoms with Gasteiger partial charge in [0.15, 0.2) is 0 Å². The zero-order valence-corrected chi connectivity index (χ0v) is 12.5. The Kier molecular flexibility index (Phi) is 4.39. The molecule has 0 aliphatic carbocycles. The van der Waals surface area contributed by atoms with Crippen molar-refractivity contribution in [3.8, 4) is 0 Å². The maximum Gasteiger partial charge on any atom is 0.309 e. The van der Waals surface area contributed by atoms with E-state index in [9.17, 15) is 4.79 Å². The normalized spacial score (nSPS) is 12.8. The van der Waals surface area contributed by atoms with E-state index in [1.54, 1.807) is 0 Å². The molecule has 108 valence electrons. The van der Waals surface area contributed by atoms with Crippen LogP contribution in [0.3, 0.4) is 0 Å². The Morgan fingerprint density at radius 1 is 1.45 bits per heavy atom. The molecule has 0 saturated carbocycles. The molecule has 1 atom stereocenters. The van der Waals surface area contributed by atoms with E-state index in [1.807, 2.05) is 30.6 Å². The summed E-state index contributed by atoms with van der Waals surface area (Å²) in [6, 6.07) is 4.06. The van der Waals surface area contributed by atoms with Crippen LogP contribution in [-0.4, -0.2) is 41.0 Å². The third-order valence-electron chi connectivity index (χ3n) is 3.27. The van der Waals surface area contributed by atoms with Gasteiger partial charge in [0.25, 0.3) is 0 Å². The van der Waals surface area contributed by atoms with E-state index in [4.69, 9.17) is 4.74 Å². The lowest BCUT2D eigenvalue weighted by molar-refractivity contribution is -0.145. The van der Waals surface area contributed by atoms with E-state index in [1.165, 1.54) is 12.7 Å². The molecule has 0 aliphatic rings. The van der Waals surface area contributed by atoms with Crippen LogP contribution in [0.15, 0.2) is 24.5 Å². The molecule has 20 heavy (non-hydrogen) atoms. The van der Waals surface area contributed by atoms with Crippen LogP contribution in [0, 0.1) is 12.8 Å². The Morgan fingerprint density at radius 2 is 2.20 bits per heavy atom. The lowest BCUT2D eigenvalue weighted by atomic mass is 10.2. The zero-order valence-electron chi connectivity index (χ0n) is 12.5. The Labute approximate surface area is 119 Å². The Balaban J connectivity index is 2.02. The van der Waals surface area contributed by atoms with Crippen molar-refractivity contribution in [1.82, 2.24) is 14.3 Å². The summed E-state index contributed by atoms with van der Waals surface area (Å²) >= 11 is 0. The number of carbonyl (C=O) groups excluding carboxylic acids is 1. The molecule has 0 N–H and O–H groups in total. The minimum absolute atomic E-state index is 0.135. The Hall–Kier alpha value is -1.88. The summed E-state index contributed by atoms with van der Waals surface area (Å²) in [4.78, 5) is 18.1. The van der Waals surface area contributed by atoms with E-state index in [-0.39, 0.29) is 11.9 Å². The molecule has 0 saturated heterocycles. The maximum absolute atomic E-state index is 11.4. The Morgan fingerprint density at radius 3 is 2.90 bits per heavy atom. The molecule has 0 radical (unpaired) electrons. The highest BCUT2D eigenvalue weighted by Gasteiger charge is 2.16. The van der Waals surface area contributed by atoms with Gasteiger partial charge >= 0.3 is 5.97 Å². The summed E-state index contributed by atoms with van der Waals surface area (Å²) in [5, 5.41) is 0. The van der Waals surface area contributed by atoms with Gasteiger partial charge in [-0.05, 0) is 25.6 Å². The highest BCUT2D eigenvalue weighted by Crippen LogP contribution is 2.10. The molecular formula is C15H21N3O2. The average molecular weight is 275 g/mol. The summed E-state index contributed by atoms with van der Waals surface area (Å²) in [5.41, 5.74) is 3.14. The molecule has 2 heterocycles. The fourth-order valence-corrected chi connectivity index (χ4v) is 2.32. The molecule has 2 aromatic rings. The summed E-state index contributed by atoms with van der Waals surface area (Å²) in [7, 11) is 3.40. The summed E-state index contributed by atoms with van der Waals surface area (Å²) in [6.45, 7) is 5.29. The maximum atomic E-state index is 11.4. The fraction of sp³-hybridized carbons (Fsp3) is 0.467. The molecule has 0 aromatic carbocycles. The largest absolute Gasteiger partial charge is 0.469 e. The van der Waals surface area contributed by atoms with Gasteiger partial charge in [-0.2, -0.15) is 0 Å². The first-order chi connectivity index (χ1) is 9.49. The van der Waals surface area contributed by atoms with Gasteiger partial charge in [0.05, 0.1) is 18.7 Å². The molecule has 5 heteroatoms. The highest BCUT2D eigenvalue weighted by molar-refractivity contribution is 5.72. The molecule has 5 nitrogen and oxygen atoms in total. The van der Waals surface area contributed by atoms with Crippen LogP contribution < -0.4 is 0 Å². The van der Waals surface area contributed by atoms with Gasteiger partial charge in [0, 0.05) is 25.5 Å². The van der Waals surface area contributed by atoms with E-state index in [0.29, 0.717) is 13.1 Å². The number of methoxy groups -OCH3 is 1. The van der Waals surface area contributed by atoms with Crippen molar-refractivity contribution in [2.45, 2.75) is 20.4 Å². The van der Waals surface area contributed by atoms with Crippen LogP contribution in [0.1, 0.15) is 18.2 Å². The number of ether oxygens (including phenoxy) is 1. The van der Waals surface area contributed by atoms with E-state index in [2.05, 4.69) is 29.1 Å². The smallest absolute Gasteiger partial charge is 0.309 e. The monoisotopic (exact) mass is 275 g/mol. The number of fused-ring (bicyclic) bond motifs is 1. The number of carbonyl (C=O) groups is 1. The molecule has 0 bridgehead atoms. The van der Waals surface area contributed by atoms with Crippen LogP contribution in [-0.2, 0) is 16.1 Å². The van der Waals surface area contributed by atoms with E-state index in [0.717, 1.165) is 11.3 Å². The molecular weight excluding hydrogens is 254 g/mol. The predicted octanol–water partition coefficient (Wildman–Crippen LogP) is 1.88.